The van der Waals surface area contributed by atoms with Crippen molar-refractivity contribution in [3.8, 4) is 23.4 Å². The van der Waals surface area contributed by atoms with Crippen LogP contribution in [-0.4, -0.2) is 27.8 Å². The topological polar surface area (TPSA) is 68.5 Å². The number of imidazole rings is 1. The zero-order valence-corrected chi connectivity index (χ0v) is 15.7. The van der Waals surface area contributed by atoms with Gasteiger partial charge >= 0.3 is 12.6 Å². The highest BCUT2D eigenvalue weighted by atomic mass is 35.5. The fourth-order valence-corrected chi connectivity index (χ4v) is 2.65. The Morgan fingerprint density at radius 3 is 2.57 bits per heavy atom. The predicted octanol–water partition coefficient (Wildman–Crippen LogP) is 5.12. The summed E-state index contributed by atoms with van der Waals surface area (Å²) in [5, 5.41) is 14.1. The third-order valence-corrected chi connectivity index (χ3v) is 4.00. The van der Waals surface area contributed by atoms with E-state index in [-0.39, 0.29) is 35.8 Å². The molecule has 3 aromatic rings. The van der Waals surface area contributed by atoms with Crippen LogP contribution in [0, 0.1) is 0 Å². The number of anilines is 1. The Kier molecular flexibility index (Phi) is 6.20. The molecule has 0 radical (unpaired) electrons. The van der Waals surface area contributed by atoms with Gasteiger partial charge in [-0.15, -0.1) is 0 Å². The SMILES string of the molecule is CCNc1nc(Oc2cccc(OC(F)F)c2)n(Cc2ccc(Cl)cc2)c1O. The molecule has 0 bridgehead atoms. The monoisotopic (exact) mass is 409 g/mol. The van der Waals surface area contributed by atoms with Crippen LogP contribution in [0.4, 0.5) is 14.6 Å². The summed E-state index contributed by atoms with van der Waals surface area (Å²) in [4.78, 5) is 4.26. The van der Waals surface area contributed by atoms with Crippen LogP contribution in [-0.2, 0) is 6.54 Å². The smallest absolute Gasteiger partial charge is 0.387 e. The molecule has 0 aliphatic heterocycles. The lowest BCUT2D eigenvalue weighted by molar-refractivity contribution is -0.0499. The maximum atomic E-state index is 12.4. The van der Waals surface area contributed by atoms with E-state index in [9.17, 15) is 13.9 Å². The first kappa shape index (κ1) is 19.8. The highest BCUT2D eigenvalue weighted by Gasteiger charge is 2.19. The van der Waals surface area contributed by atoms with Crippen LogP contribution >= 0.6 is 11.6 Å². The molecule has 1 heterocycles. The van der Waals surface area contributed by atoms with Crippen LogP contribution in [0.1, 0.15) is 12.5 Å². The lowest BCUT2D eigenvalue weighted by atomic mass is 10.2. The summed E-state index contributed by atoms with van der Waals surface area (Å²) in [6.45, 7) is -0.262. The lowest BCUT2D eigenvalue weighted by Gasteiger charge is -2.11. The van der Waals surface area contributed by atoms with Crippen molar-refractivity contribution in [2.45, 2.75) is 20.1 Å². The van der Waals surface area contributed by atoms with Gasteiger partial charge in [0.25, 0.3) is 0 Å². The zero-order valence-electron chi connectivity index (χ0n) is 14.9. The van der Waals surface area contributed by atoms with E-state index in [0.717, 1.165) is 5.56 Å². The molecule has 148 valence electrons. The van der Waals surface area contributed by atoms with Crippen molar-refractivity contribution in [2.75, 3.05) is 11.9 Å². The number of halogens is 3. The summed E-state index contributed by atoms with van der Waals surface area (Å²) in [5.41, 5.74) is 0.861. The molecule has 0 saturated heterocycles. The maximum absolute atomic E-state index is 12.4. The number of nitrogens with one attached hydrogen (secondary N) is 1. The number of ether oxygens (including phenoxy) is 2. The molecule has 0 saturated carbocycles. The Hall–Kier alpha value is -3.00. The predicted molar refractivity (Wildman–Crippen MR) is 102 cm³/mol. The molecule has 3 rings (SSSR count). The largest absolute Gasteiger partial charge is 0.492 e. The van der Waals surface area contributed by atoms with E-state index in [0.29, 0.717) is 11.6 Å². The maximum Gasteiger partial charge on any atom is 0.387 e. The first-order valence-electron chi connectivity index (χ1n) is 8.46. The molecule has 0 spiro atoms. The second-order valence-electron chi connectivity index (χ2n) is 5.76. The van der Waals surface area contributed by atoms with Gasteiger partial charge in [0.05, 0.1) is 6.54 Å². The van der Waals surface area contributed by atoms with E-state index in [1.165, 1.54) is 22.8 Å². The van der Waals surface area contributed by atoms with Crippen molar-refractivity contribution in [3.63, 3.8) is 0 Å². The fourth-order valence-electron chi connectivity index (χ4n) is 2.52. The number of hydrogen-bond acceptors (Lipinski definition) is 5. The quantitative estimate of drug-likeness (QED) is 0.540. The third kappa shape index (κ3) is 4.83. The summed E-state index contributed by atoms with van der Waals surface area (Å²) < 4.78 is 36.4. The Labute approximate surface area is 165 Å². The summed E-state index contributed by atoms with van der Waals surface area (Å²) in [6, 6.07) is 13.0. The van der Waals surface area contributed by atoms with Gasteiger partial charge in [0.1, 0.15) is 11.5 Å². The van der Waals surface area contributed by atoms with E-state index in [2.05, 4.69) is 15.0 Å². The van der Waals surface area contributed by atoms with E-state index in [1.807, 2.05) is 19.1 Å². The molecule has 28 heavy (non-hydrogen) atoms. The second-order valence-corrected chi connectivity index (χ2v) is 6.20. The normalized spacial score (nSPS) is 10.9. The molecule has 0 unspecified atom stereocenters. The highest BCUT2D eigenvalue weighted by Crippen LogP contribution is 2.33. The molecule has 2 aromatic carbocycles. The minimum Gasteiger partial charge on any atom is -0.492 e. The average molecular weight is 410 g/mol. The third-order valence-electron chi connectivity index (χ3n) is 3.74. The number of aromatic hydroxyl groups is 1. The van der Waals surface area contributed by atoms with Crippen LogP contribution in [0.5, 0.6) is 23.4 Å². The molecule has 0 atom stereocenters. The van der Waals surface area contributed by atoms with Crippen molar-refractivity contribution in [1.29, 1.82) is 0 Å². The van der Waals surface area contributed by atoms with E-state index in [1.54, 1.807) is 18.2 Å². The van der Waals surface area contributed by atoms with Crippen LogP contribution in [0.25, 0.3) is 0 Å². The van der Waals surface area contributed by atoms with Crippen molar-refractivity contribution < 1.29 is 23.4 Å². The molecule has 1 aromatic heterocycles. The number of benzene rings is 2. The molecule has 0 fully saturated rings. The van der Waals surface area contributed by atoms with Crippen LogP contribution < -0.4 is 14.8 Å². The number of nitrogens with zero attached hydrogens (tertiary/aromatic N) is 2. The molecule has 0 aliphatic rings. The van der Waals surface area contributed by atoms with Gasteiger partial charge in [-0.1, -0.05) is 29.8 Å². The molecule has 0 amide bonds. The second kappa shape index (κ2) is 8.79. The highest BCUT2D eigenvalue weighted by molar-refractivity contribution is 6.30. The van der Waals surface area contributed by atoms with E-state index >= 15 is 0 Å². The first-order valence-corrected chi connectivity index (χ1v) is 8.84. The number of aromatic nitrogens is 2. The van der Waals surface area contributed by atoms with E-state index in [4.69, 9.17) is 16.3 Å². The number of rotatable bonds is 8. The summed E-state index contributed by atoms with van der Waals surface area (Å²) in [7, 11) is 0. The molecule has 0 aliphatic carbocycles. The summed E-state index contributed by atoms with van der Waals surface area (Å²) in [5.74, 6) is 0.348. The van der Waals surface area contributed by atoms with Gasteiger partial charge in [-0.05, 0) is 36.8 Å². The van der Waals surface area contributed by atoms with Crippen molar-refractivity contribution in [2.24, 2.45) is 0 Å². The Bertz CT molecular complexity index is 933. The summed E-state index contributed by atoms with van der Waals surface area (Å²) in [6.07, 6.45) is 0. The van der Waals surface area contributed by atoms with Gasteiger partial charge in [-0.2, -0.15) is 13.8 Å². The Morgan fingerprint density at radius 1 is 1.18 bits per heavy atom. The van der Waals surface area contributed by atoms with Gasteiger partial charge in [-0.25, -0.2) is 0 Å². The average Bonchev–Trinajstić information content (AvgIpc) is 2.92. The van der Waals surface area contributed by atoms with Gasteiger partial charge in [0, 0.05) is 17.6 Å². The standard InChI is InChI=1S/C19H18ClF2N3O3/c1-2-23-16-17(26)25(11-12-6-8-13(20)9-7-12)19(24-16)28-15-5-3-4-14(10-15)27-18(21)22/h3-10,18,23,26H,2,11H2,1H3. The van der Waals surface area contributed by atoms with Crippen LogP contribution in [0.2, 0.25) is 5.02 Å². The minimum absolute atomic E-state index is 0.0422. The van der Waals surface area contributed by atoms with Gasteiger partial charge in [-0.3, -0.25) is 4.57 Å². The summed E-state index contributed by atoms with van der Waals surface area (Å²) >= 11 is 5.91. The Morgan fingerprint density at radius 2 is 1.89 bits per heavy atom. The molecular weight excluding hydrogens is 392 g/mol. The number of hydrogen-bond donors (Lipinski definition) is 2. The van der Waals surface area contributed by atoms with Crippen molar-refractivity contribution in [1.82, 2.24) is 9.55 Å². The molecule has 9 heteroatoms. The molecule has 2 N–H and O–H groups in total. The van der Waals surface area contributed by atoms with Crippen molar-refractivity contribution >= 4 is 17.4 Å². The van der Waals surface area contributed by atoms with Gasteiger partial charge in [0.15, 0.2) is 5.82 Å². The zero-order chi connectivity index (χ0) is 20.1. The van der Waals surface area contributed by atoms with Crippen LogP contribution in [0.3, 0.4) is 0 Å². The van der Waals surface area contributed by atoms with Crippen LogP contribution in [0.15, 0.2) is 48.5 Å². The van der Waals surface area contributed by atoms with Gasteiger partial charge < -0.3 is 19.9 Å². The van der Waals surface area contributed by atoms with E-state index < -0.39 is 6.61 Å². The van der Waals surface area contributed by atoms with Gasteiger partial charge in [0.2, 0.25) is 5.88 Å². The number of alkyl halides is 2. The minimum atomic E-state index is -2.94. The van der Waals surface area contributed by atoms with Crippen molar-refractivity contribution in [3.05, 3.63) is 59.1 Å². The fraction of sp³-hybridized carbons (Fsp3) is 0.211. The lowest BCUT2D eigenvalue weighted by Crippen LogP contribution is -2.03. The molecular formula is C19H18ClF2N3O3. The first-order chi connectivity index (χ1) is 13.5. The Balaban J connectivity index is 1.91. The molecule has 6 nitrogen and oxygen atoms in total.